The molecule has 0 saturated heterocycles. The second-order valence-electron chi connectivity index (χ2n) is 4.95. The van der Waals surface area contributed by atoms with Gasteiger partial charge >= 0.3 is 0 Å². The van der Waals surface area contributed by atoms with Crippen LogP contribution < -0.4 is 10.2 Å². The molecule has 0 aliphatic heterocycles. The Labute approximate surface area is 126 Å². The van der Waals surface area contributed by atoms with Crippen LogP contribution in [0, 0.1) is 5.82 Å². The minimum atomic E-state index is -0.389. The lowest BCUT2D eigenvalue weighted by Gasteiger charge is -2.31. The summed E-state index contributed by atoms with van der Waals surface area (Å²) in [6.07, 6.45) is 4.07. The van der Waals surface area contributed by atoms with E-state index in [1.165, 1.54) is 6.20 Å². The number of anilines is 2. The van der Waals surface area contributed by atoms with E-state index in [4.69, 9.17) is 4.74 Å². The lowest BCUT2D eigenvalue weighted by molar-refractivity contribution is 0.202. The highest BCUT2D eigenvalue weighted by molar-refractivity contribution is 5.45. The van der Waals surface area contributed by atoms with Crippen molar-refractivity contribution in [3.05, 3.63) is 12.0 Å². The monoisotopic (exact) mass is 298 g/mol. The van der Waals surface area contributed by atoms with Crippen molar-refractivity contribution in [2.75, 3.05) is 37.0 Å². The molecular formula is C15H27FN4O. The third-order valence-corrected chi connectivity index (χ3v) is 3.45. The maximum atomic E-state index is 14.2. The van der Waals surface area contributed by atoms with E-state index in [9.17, 15) is 4.39 Å². The van der Waals surface area contributed by atoms with Crippen LogP contribution in [-0.4, -0.2) is 42.8 Å². The molecule has 0 bridgehead atoms. The van der Waals surface area contributed by atoms with Gasteiger partial charge in [0.15, 0.2) is 11.6 Å². The summed E-state index contributed by atoms with van der Waals surface area (Å²) < 4.78 is 19.3. The number of nitrogens with zero attached hydrogens (tertiary/aromatic N) is 3. The molecule has 0 fully saturated rings. The minimum Gasteiger partial charge on any atom is -0.383 e. The number of aromatic nitrogens is 2. The highest BCUT2D eigenvalue weighted by Crippen LogP contribution is 2.22. The van der Waals surface area contributed by atoms with Crippen molar-refractivity contribution in [3.63, 3.8) is 0 Å². The normalized spacial score (nSPS) is 11.0. The van der Waals surface area contributed by atoms with Crippen LogP contribution >= 0.6 is 0 Å². The molecule has 6 heteroatoms. The fourth-order valence-corrected chi connectivity index (χ4v) is 2.26. The van der Waals surface area contributed by atoms with Crippen molar-refractivity contribution in [3.8, 4) is 0 Å². The first kappa shape index (κ1) is 17.6. The molecule has 21 heavy (non-hydrogen) atoms. The van der Waals surface area contributed by atoms with Crippen LogP contribution in [-0.2, 0) is 4.74 Å². The Balaban J connectivity index is 3.03. The maximum absolute atomic E-state index is 14.2. The molecule has 5 nitrogen and oxygen atoms in total. The first-order valence-corrected chi connectivity index (χ1v) is 7.69. The van der Waals surface area contributed by atoms with Crippen LogP contribution in [0.1, 0.15) is 40.0 Å². The molecule has 0 saturated carbocycles. The van der Waals surface area contributed by atoms with Gasteiger partial charge in [0.05, 0.1) is 12.8 Å². The average molecular weight is 298 g/mol. The Hall–Kier alpha value is -1.43. The zero-order chi connectivity index (χ0) is 15.7. The highest BCUT2D eigenvalue weighted by Gasteiger charge is 2.21. The van der Waals surface area contributed by atoms with E-state index in [-0.39, 0.29) is 11.9 Å². The van der Waals surface area contributed by atoms with Crippen molar-refractivity contribution in [1.29, 1.82) is 0 Å². The average Bonchev–Trinajstić information content (AvgIpc) is 2.51. The zero-order valence-corrected chi connectivity index (χ0v) is 13.5. The SMILES string of the molecule is CCCNc1ncc(F)c(N(CCOC)C(CC)CC)n1. The number of nitrogens with one attached hydrogen (secondary N) is 1. The summed E-state index contributed by atoms with van der Waals surface area (Å²) in [6.45, 7) is 8.19. The minimum absolute atomic E-state index is 0.239. The van der Waals surface area contributed by atoms with E-state index < -0.39 is 0 Å². The third kappa shape index (κ3) is 5.12. The molecule has 1 aromatic heterocycles. The molecule has 120 valence electrons. The molecule has 0 aliphatic carbocycles. The van der Waals surface area contributed by atoms with E-state index >= 15 is 0 Å². The summed E-state index contributed by atoms with van der Waals surface area (Å²) in [7, 11) is 1.65. The summed E-state index contributed by atoms with van der Waals surface area (Å²) in [5.74, 6) is 0.441. The predicted molar refractivity (Wildman–Crippen MR) is 84.4 cm³/mol. The molecule has 0 spiro atoms. The fraction of sp³-hybridized carbons (Fsp3) is 0.733. The van der Waals surface area contributed by atoms with Gasteiger partial charge < -0.3 is 15.0 Å². The zero-order valence-electron chi connectivity index (χ0n) is 13.5. The Kier molecular flexibility index (Phi) is 7.97. The lowest BCUT2D eigenvalue weighted by Crippen LogP contribution is -2.38. The van der Waals surface area contributed by atoms with E-state index in [1.54, 1.807) is 7.11 Å². The predicted octanol–water partition coefficient (Wildman–Crippen LogP) is 3.08. The molecule has 1 rings (SSSR count). The van der Waals surface area contributed by atoms with Crippen LogP contribution in [0.25, 0.3) is 0 Å². The Bertz CT molecular complexity index is 413. The molecule has 1 aromatic rings. The van der Waals surface area contributed by atoms with Crippen LogP contribution in [0.5, 0.6) is 0 Å². The van der Waals surface area contributed by atoms with Gasteiger partial charge in [-0.25, -0.2) is 9.37 Å². The molecule has 0 unspecified atom stereocenters. The molecule has 1 N–H and O–H groups in total. The van der Waals surface area contributed by atoms with Crippen LogP contribution in [0.3, 0.4) is 0 Å². The number of rotatable bonds is 10. The van der Waals surface area contributed by atoms with Gasteiger partial charge in [-0.3, -0.25) is 0 Å². The first-order chi connectivity index (χ1) is 10.2. The second kappa shape index (κ2) is 9.50. The van der Waals surface area contributed by atoms with Crippen LogP contribution in [0.2, 0.25) is 0 Å². The van der Waals surface area contributed by atoms with Crippen LogP contribution in [0.4, 0.5) is 16.2 Å². The number of hydrogen-bond acceptors (Lipinski definition) is 5. The van der Waals surface area contributed by atoms with Crippen molar-refractivity contribution >= 4 is 11.8 Å². The van der Waals surface area contributed by atoms with Crippen molar-refractivity contribution in [1.82, 2.24) is 9.97 Å². The first-order valence-electron chi connectivity index (χ1n) is 7.69. The molecule has 0 atom stereocenters. The van der Waals surface area contributed by atoms with Crippen molar-refractivity contribution in [2.24, 2.45) is 0 Å². The number of hydrogen-bond donors (Lipinski definition) is 1. The Morgan fingerprint density at radius 1 is 1.33 bits per heavy atom. The maximum Gasteiger partial charge on any atom is 0.224 e. The van der Waals surface area contributed by atoms with Gasteiger partial charge in [-0.15, -0.1) is 0 Å². The fourth-order valence-electron chi connectivity index (χ4n) is 2.26. The molecular weight excluding hydrogens is 271 g/mol. The Morgan fingerprint density at radius 3 is 2.62 bits per heavy atom. The number of ether oxygens (including phenoxy) is 1. The van der Waals surface area contributed by atoms with Gasteiger partial charge in [-0.2, -0.15) is 4.98 Å². The van der Waals surface area contributed by atoms with Crippen LogP contribution in [0.15, 0.2) is 6.20 Å². The molecule has 1 heterocycles. The molecule has 0 radical (unpaired) electrons. The molecule has 0 amide bonds. The molecule has 0 aromatic carbocycles. The van der Waals surface area contributed by atoms with Gasteiger partial charge in [0.25, 0.3) is 0 Å². The third-order valence-electron chi connectivity index (χ3n) is 3.45. The van der Waals surface area contributed by atoms with E-state index in [2.05, 4.69) is 36.1 Å². The van der Waals surface area contributed by atoms with E-state index in [0.717, 1.165) is 25.8 Å². The number of methoxy groups -OCH3 is 1. The smallest absolute Gasteiger partial charge is 0.224 e. The van der Waals surface area contributed by atoms with E-state index in [1.807, 2.05) is 4.90 Å². The summed E-state index contributed by atoms with van der Waals surface area (Å²) >= 11 is 0. The Morgan fingerprint density at radius 2 is 2.05 bits per heavy atom. The lowest BCUT2D eigenvalue weighted by atomic mass is 10.1. The van der Waals surface area contributed by atoms with Gasteiger partial charge in [-0.05, 0) is 19.3 Å². The van der Waals surface area contributed by atoms with E-state index in [0.29, 0.717) is 24.9 Å². The summed E-state index contributed by atoms with van der Waals surface area (Å²) in [6, 6.07) is 0.239. The summed E-state index contributed by atoms with van der Waals surface area (Å²) in [5, 5.41) is 3.10. The molecule has 0 aliphatic rings. The van der Waals surface area contributed by atoms with Crippen molar-refractivity contribution in [2.45, 2.75) is 46.1 Å². The summed E-state index contributed by atoms with van der Waals surface area (Å²) in [5.41, 5.74) is 0. The number of halogens is 1. The largest absolute Gasteiger partial charge is 0.383 e. The highest BCUT2D eigenvalue weighted by atomic mass is 19.1. The van der Waals surface area contributed by atoms with Gasteiger partial charge in [0, 0.05) is 26.2 Å². The van der Waals surface area contributed by atoms with Crippen molar-refractivity contribution < 1.29 is 9.13 Å². The second-order valence-corrected chi connectivity index (χ2v) is 4.95. The quantitative estimate of drug-likeness (QED) is 0.719. The topological polar surface area (TPSA) is 50.3 Å². The van der Waals surface area contributed by atoms with Gasteiger partial charge in [-0.1, -0.05) is 20.8 Å². The van der Waals surface area contributed by atoms with Gasteiger partial charge in [0.2, 0.25) is 5.95 Å². The standard InChI is InChI=1S/C15H27FN4O/c1-5-8-17-15-18-11-13(16)14(19-15)20(9-10-21-4)12(6-2)7-3/h11-12H,5-10H2,1-4H3,(H,17,18,19). The van der Waals surface area contributed by atoms with Gasteiger partial charge in [0.1, 0.15) is 0 Å². The summed E-state index contributed by atoms with van der Waals surface area (Å²) in [4.78, 5) is 10.3.